The van der Waals surface area contributed by atoms with Crippen LogP contribution in [0.15, 0.2) is 48.5 Å². The molecular weight excluding hydrogens is 359 g/mol. The fraction of sp³-hybridized carbons (Fsp3) is 0.364. The van der Waals surface area contributed by atoms with Crippen molar-refractivity contribution in [2.75, 3.05) is 19.7 Å². The van der Waals surface area contributed by atoms with Crippen molar-refractivity contribution >= 4 is 11.8 Å². The Balaban J connectivity index is 1.52. The first-order valence-corrected chi connectivity index (χ1v) is 9.65. The molecule has 146 valence electrons. The number of fused-ring (bicyclic) bond motifs is 1. The normalized spacial score (nSPS) is 18.7. The lowest BCUT2D eigenvalue weighted by atomic mass is 9.93. The Morgan fingerprint density at radius 1 is 1.04 bits per heavy atom. The summed E-state index contributed by atoms with van der Waals surface area (Å²) in [4.78, 5) is 29.5. The number of benzene rings is 2. The van der Waals surface area contributed by atoms with Crippen molar-refractivity contribution in [1.29, 1.82) is 0 Å². The second-order valence-corrected chi connectivity index (χ2v) is 7.29. The lowest BCUT2D eigenvalue weighted by Gasteiger charge is -2.37. The maximum atomic E-state index is 13.3. The Morgan fingerprint density at radius 3 is 2.54 bits per heavy atom. The molecule has 0 unspecified atom stereocenters. The van der Waals surface area contributed by atoms with Crippen molar-refractivity contribution in [3.63, 3.8) is 0 Å². The van der Waals surface area contributed by atoms with Crippen LogP contribution in [0, 0.1) is 5.82 Å². The molecule has 0 spiro atoms. The molecule has 0 N–H and O–H groups in total. The van der Waals surface area contributed by atoms with Crippen molar-refractivity contribution in [3.05, 3.63) is 65.5 Å². The van der Waals surface area contributed by atoms with Gasteiger partial charge in [0.1, 0.15) is 17.6 Å². The average molecular weight is 382 g/mol. The zero-order valence-corrected chi connectivity index (χ0v) is 15.6. The van der Waals surface area contributed by atoms with Gasteiger partial charge in [-0.3, -0.25) is 9.59 Å². The first-order chi connectivity index (χ1) is 13.6. The minimum absolute atomic E-state index is 0.00566. The van der Waals surface area contributed by atoms with Crippen LogP contribution in [0.4, 0.5) is 4.39 Å². The maximum absolute atomic E-state index is 13.3. The van der Waals surface area contributed by atoms with E-state index in [1.54, 1.807) is 11.0 Å². The van der Waals surface area contributed by atoms with E-state index in [1.807, 2.05) is 29.2 Å². The van der Waals surface area contributed by atoms with Crippen molar-refractivity contribution in [2.24, 2.45) is 0 Å². The van der Waals surface area contributed by atoms with Crippen LogP contribution >= 0.6 is 0 Å². The number of carbonyl (C=O) groups is 2. The highest BCUT2D eigenvalue weighted by Gasteiger charge is 2.37. The van der Waals surface area contributed by atoms with Gasteiger partial charge in [-0.1, -0.05) is 30.3 Å². The molecule has 5 nitrogen and oxygen atoms in total. The second-order valence-electron chi connectivity index (χ2n) is 7.29. The third kappa shape index (κ3) is 3.86. The summed E-state index contributed by atoms with van der Waals surface area (Å²) >= 11 is 0. The van der Waals surface area contributed by atoms with Gasteiger partial charge in [-0.25, -0.2) is 4.39 Å². The van der Waals surface area contributed by atoms with Crippen molar-refractivity contribution < 1.29 is 18.7 Å². The summed E-state index contributed by atoms with van der Waals surface area (Å²) in [5.41, 5.74) is 2.15. The third-order valence-electron chi connectivity index (χ3n) is 5.43. The first kappa shape index (κ1) is 18.5. The number of amides is 2. The molecule has 0 aliphatic carbocycles. The zero-order valence-electron chi connectivity index (χ0n) is 15.6. The third-order valence-corrected chi connectivity index (χ3v) is 5.43. The Bertz CT molecular complexity index is 880. The Labute approximate surface area is 163 Å². The molecule has 1 atom stereocenters. The maximum Gasteiger partial charge on any atom is 0.261 e. The molecular formula is C22H23FN2O3. The summed E-state index contributed by atoms with van der Waals surface area (Å²) in [6.45, 7) is 1.65. The van der Waals surface area contributed by atoms with E-state index < -0.39 is 11.9 Å². The van der Waals surface area contributed by atoms with Crippen molar-refractivity contribution in [1.82, 2.24) is 9.80 Å². The van der Waals surface area contributed by atoms with Crippen LogP contribution in [-0.4, -0.2) is 47.4 Å². The lowest BCUT2D eigenvalue weighted by molar-refractivity contribution is -0.147. The zero-order chi connectivity index (χ0) is 19.5. The number of halogens is 1. The topological polar surface area (TPSA) is 49.9 Å². The molecule has 0 aromatic heterocycles. The molecule has 0 saturated carbocycles. The van der Waals surface area contributed by atoms with Gasteiger partial charge in [0, 0.05) is 32.1 Å². The van der Waals surface area contributed by atoms with Gasteiger partial charge < -0.3 is 14.5 Å². The molecule has 28 heavy (non-hydrogen) atoms. The Hall–Kier alpha value is -2.89. The number of likely N-dealkylation sites (tertiary alicyclic amines) is 1. The molecule has 0 bridgehead atoms. The van der Waals surface area contributed by atoms with E-state index >= 15 is 0 Å². The van der Waals surface area contributed by atoms with Gasteiger partial charge in [0.25, 0.3) is 5.91 Å². The minimum atomic E-state index is -0.517. The van der Waals surface area contributed by atoms with E-state index in [0.717, 1.165) is 37.1 Å². The lowest BCUT2D eigenvalue weighted by Crippen LogP contribution is -2.54. The fourth-order valence-corrected chi connectivity index (χ4v) is 3.94. The summed E-state index contributed by atoms with van der Waals surface area (Å²) < 4.78 is 18.8. The molecule has 0 radical (unpaired) electrons. The van der Waals surface area contributed by atoms with Gasteiger partial charge in [0.2, 0.25) is 5.91 Å². The second kappa shape index (κ2) is 8.00. The summed E-state index contributed by atoms with van der Waals surface area (Å²) in [7, 11) is 0. The van der Waals surface area contributed by atoms with Gasteiger partial charge >= 0.3 is 0 Å². The average Bonchev–Trinajstić information content (AvgIpc) is 3.25. The number of hydrogen-bond acceptors (Lipinski definition) is 3. The van der Waals surface area contributed by atoms with E-state index in [4.69, 9.17) is 4.74 Å². The van der Waals surface area contributed by atoms with E-state index in [-0.39, 0.29) is 18.4 Å². The smallest absolute Gasteiger partial charge is 0.261 e. The predicted octanol–water partition coefficient (Wildman–Crippen LogP) is 2.78. The number of hydrogen-bond donors (Lipinski definition) is 0. The molecule has 2 aromatic carbocycles. The Morgan fingerprint density at radius 2 is 1.79 bits per heavy atom. The molecule has 2 aliphatic heterocycles. The van der Waals surface area contributed by atoms with Crippen LogP contribution in [-0.2, 0) is 22.6 Å². The van der Waals surface area contributed by atoms with Crippen LogP contribution in [0.5, 0.6) is 5.75 Å². The van der Waals surface area contributed by atoms with Gasteiger partial charge in [-0.15, -0.1) is 0 Å². The van der Waals surface area contributed by atoms with Crippen LogP contribution in [0.25, 0.3) is 0 Å². The van der Waals surface area contributed by atoms with Crippen molar-refractivity contribution in [3.8, 4) is 5.75 Å². The number of carbonyl (C=O) groups excluding carboxylic acids is 2. The van der Waals surface area contributed by atoms with E-state index in [0.29, 0.717) is 18.7 Å². The summed E-state index contributed by atoms with van der Waals surface area (Å²) in [5, 5.41) is 0. The van der Waals surface area contributed by atoms with E-state index in [1.165, 1.54) is 18.2 Å². The van der Waals surface area contributed by atoms with Crippen LogP contribution < -0.4 is 4.74 Å². The molecule has 2 amide bonds. The van der Waals surface area contributed by atoms with Gasteiger partial charge in [0.05, 0.1) is 0 Å². The van der Waals surface area contributed by atoms with Crippen LogP contribution in [0.1, 0.15) is 24.0 Å². The van der Waals surface area contributed by atoms with E-state index in [2.05, 4.69) is 0 Å². The van der Waals surface area contributed by atoms with E-state index in [9.17, 15) is 14.0 Å². The highest BCUT2D eigenvalue weighted by atomic mass is 19.1. The quantitative estimate of drug-likeness (QED) is 0.817. The summed E-state index contributed by atoms with van der Waals surface area (Å²) in [6, 6.07) is 13.1. The van der Waals surface area contributed by atoms with Gasteiger partial charge in [-0.2, -0.15) is 0 Å². The highest BCUT2D eigenvalue weighted by Crippen LogP contribution is 2.26. The standard InChI is InChI=1S/C22H23FN2O3/c23-18-8-5-9-19(13-18)28-15-21(26)25-14-17-7-2-1-6-16(17)12-20(25)22(27)24-10-3-4-11-24/h1-2,5-9,13,20H,3-4,10-12,14-15H2/t20-/m0/s1. The molecule has 1 saturated heterocycles. The molecule has 2 aliphatic rings. The molecule has 2 heterocycles. The van der Waals surface area contributed by atoms with Crippen LogP contribution in [0.3, 0.4) is 0 Å². The first-order valence-electron chi connectivity index (χ1n) is 9.65. The summed E-state index contributed by atoms with van der Waals surface area (Å²) in [6.07, 6.45) is 2.52. The number of nitrogens with zero attached hydrogens (tertiary/aromatic N) is 2. The largest absolute Gasteiger partial charge is 0.484 e. The monoisotopic (exact) mass is 382 g/mol. The van der Waals surface area contributed by atoms with Gasteiger partial charge in [-0.05, 0) is 36.1 Å². The van der Waals surface area contributed by atoms with Gasteiger partial charge in [0.15, 0.2) is 6.61 Å². The molecule has 2 aromatic rings. The minimum Gasteiger partial charge on any atom is -0.484 e. The fourth-order valence-electron chi connectivity index (χ4n) is 3.94. The molecule has 6 heteroatoms. The SMILES string of the molecule is O=C([C@@H]1Cc2ccccc2CN1C(=O)COc1cccc(F)c1)N1CCCC1. The predicted molar refractivity (Wildman–Crippen MR) is 102 cm³/mol. The Kier molecular flexibility index (Phi) is 5.28. The molecule has 1 fully saturated rings. The van der Waals surface area contributed by atoms with Crippen LogP contribution in [0.2, 0.25) is 0 Å². The summed E-state index contributed by atoms with van der Waals surface area (Å²) in [5.74, 6) is -0.380. The van der Waals surface area contributed by atoms with Crippen molar-refractivity contribution in [2.45, 2.75) is 31.8 Å². The number of rotatable bonds is 4. The number of ether oxygens (including phenoxy) is 1. The molecule has 4 rings (SSSR count). The highest BCUT2D eigenvalue weighted by molar-refractivity contribution is 5.89.